The van der Waals surface area contributed by atoms with E-state index >= 15 is 0 Å². The quantitative estimate of drug-likeness (QED) is 0.809. The smallest absolute Gasteiger partial charge is 0.226 e. The molecular weight excluding hydrogens is 308 g/mol. The number of pyridine rings is 1. The minimum Gasteiger partial charge on any atom is -0.361 e. The number of aromatic nitrogens is 2. The molecule has 0 saturated carbocycles. The van der Waals surface area contributed by atoms with E-state index in [1.807, 2.05) is 20.8 Å². The molecule has 7 nitrogen and oxygen atoms in total. The van der Waals surface area contributed by atoms with E-state index in [0.717, 1.165) is 17.0 Å². The minimum absolute atomic E-state index is 0.0910. The number of hydrogen-bond donors (Lipinski definition) is 2. The van der Waals surface area contributed by atoms with Crippen molar-refractivity contribution in [3.05, 3.63) is 41.5 Å². The third-order valence-corrected chi connectivity index (χ3v) is 3.75. The first-order valence-electron chi connectivity index (χ1n) is 7.86. The molecule has 1 atom stereocenters. The lowest BCUT2D eigenvalue weighted by Gasteiger charge is -2.12. The summed E-state index contributed by atoms with van der Waals surface area (Å²) in [5.41, 5.74) is 2.46. The maximum atomic E-state index is 12.1. The van der Waals surface area contributed by atoms with E-state index in [4.69, 9.17) is 4.52 Å². The Morgan fingerprint density at radius 3 is 2.58 bits per heavy atom. The molecule has 2 aromatic heterocycles. The van der Waals surface area contributed by atoms with Gasteiger partial charge in [-0.2, -0.15) is 0 Å². The summed E-state index contributed by atoms with van der Waals surface area (Å²) < 4.78 is 5.11. The normalized spacial score (nSPS) is 11.8. The highest BCUT2D eigenvalue weighted by Gasteiger charge is 2.18. The Labute approximate surface area is 140 Å². The van der Waals surface area contributed by atoms with Gasteiger partial charge in [-0.05, 0) is 32.4 Å². The zero-order valence-electron chi connectivity index (χ0n) is 14.1. The molecule has 0 aliphatic carbocycles. The van der Waals surface area contributed by atoms with Gasteiger partial charge in [0.2, 0.25) is 11.8 Å². The maximum Gasteiger partial charge on any atom is 0.226 e. The van der Waals surface area contributed by atoms with Crippen LogP contribution in [0.15, 0.2) is 29.0 Å². The van der Waals surface area contributed by atoms with Gasteiger partial charge in [0.05, 0.1) is 5.69 Å². The Balaban J connectivity index is 1.73. The lowest BCUT2D eigenvalue weighted by molar-refractivity contribution is -0.124. The van der Waals surface area contributed by atoms with Crippen LogP contribution in [0, 0.1) is 19.8 Å². The number of hydrogen-bond acceptors (Lipinski definition) is 5. The van der Waals surface area contributed by atoms with Gasteiger partial charge < -0.3 is 15.2 Å². The van der Waals surface area contributed by atoms with Crippen LogP contribution in [0.3, 0.4) is 0 Å². The van der Waals surface area contributed by atoms with Crippen molar-refractivity contribution in [2.45, 2.75) is 33.6 Å². The molecule has 7 heteroatoms. The van der Waals surface area contributed by atoms with Gasteiger partial charge in [0.25, 0.3) is 0 Å². The van der Waals surface area contributed by atoms with Crippen molar-refractivity contribution in [1.29, 1.82) is 0 Å². The summed E-state index contributed by atoms with van der Waals surface area (Å²) in [6.07, 6.45) is 3.99. The van der Waals surface area contributed by atoms with E-state index in [1.54, 1.807) is 24.5 Å². The van der Waals surface area contributed by atoms with Crippen LogP contribution in [0.2, 0.25) is 0 Å². The number of carbonyl (C=O) groups is 2. The van der Waals surface area contributed by atoms with E-state index in [1.165, 1.54) is 0 Å². The second kappa shape index (κ2) is 8.24. The molecule has 0 saturated heterocycles. The molecule has 2 N–H and O–H groups in total. The molecule has 0 unspecified atom stereocenters. The van der Waals surface area contributed by atoms with Crippen LogP contribution in [0.4, 0.5) is 5.69 Å². The summed E-state index contributed by atoms with van der Waals surface area (Å²) >= 11 is 0. The fourth-order valence-corrected chi connectivity index (χ4v) is 2.32. The van der Waals surface area contributed by atoms with Gasteiger partial charge in [-0.1, -0.05) is 12.1 Å². The highest BCUT2D eigenvalue weighted by Crippen LogP contribution is 2.17. The standard InChI is InChI=1S/C17H22N4O3/c1-11(10-15-12(2)21-24-13(15)3)17(23)19-9-6-16(22)20-14-4-7-18-8-5-14/h4-5,7-8,11H,6,9-10H2,1-3H3,(H,19,23)(H,18,20,22)/t11-/m0/s1. The number of rotatable bonds is 7. The van der Waals surface area contributed by atoms with Crippen molar-refractivity contribution in [3.63, 3.8) is 0 Å². The van der Waals surface area contributed by atoms with Crippen molar-refractivity contribution >= 4 is 17.5 Å². The first-order chi connectivity index (χ1) is 11.5. The largest absolute Gasteiger partial charge is 0.361 e. The van der Waals surface area contributed by atoms with Gasteiger partial charge in [0.1, 0.15) is 5.76 Å². The first kappa shape index (κ1) is 17.7. The summed E-state index contributed by atoms with van der Waals surface area (Å²) in [5, 5.41) is 9.42. The van der Waals surface area contributed by atoms with Crippen LogP contribution in [-0.2, 0) is 16.0 Å². The fourth-order valence-electron chi connectivity index (χ4n) is 2.32. The van der Waals surface area contributed by atoms with Crippen LogP contribution in [-0.4, -0.2) is 28.5 Å². The predicted octanol–water partition coefficient (Wildman–Crippen LogP) is 2.01. The molecule has 0 aliphatic rings. The van der Waals surface area contributed by atoms with Crippen LogP contribution in [0.25, 0.3) is 0 Å². The van der Waals surface area contributed by atoms with E-state index in [-0.39, 0.29) is 24.2 Å². The molecule has 0 spiro atoms. The molecule has 2 rings (SSSR count). The second-order valence-corrected chi connectivity index (χ2v) is 5.73. The lowest BCUT2D eigenvalue weighted by Crippen LogP contribution is -2.32. The first-order valence-corrected chi connectivity index (χ1v) is 7.86. The number of nitrogens with one attached hydrogen (secondary N) is 2. The fraction of sp³-hybridized carbons (Fsp3) is 0.412. The molecule has 0 radical (unpaired) electrons. The Bertz CT molecular complexity index is 678. The number of carbonyl (C=O) groups excluding carboxylic acids is 2. The number of anilines is 1. The van der Waals surface area contributed by atoms with Crippen molar-refractivity contribution in [2.75, 3.05) is 11.9 Å². The van der Waals surface area contributed by atoms with E-state index < -0.39 is 0 Å². The molecule has 128 valence electrons. The van der Waals surface area contributed by atoms with Crippen LogP contribution in [0.5, 0.6) is 0 Å². The summed E-state index contributed by atoms with van der Waals surface area (Å²) in [4.78, 5) is 27.8. The van der Waals surface area contributed by atoms with Crippen molar-refractivity contribution in [1.82, 2.24) is 15.5 Å². The molecule has 2 aromatic rings. The van der Waals surface area contributed by atoms with Crippen molar-refractivity contribution < 1.29 is 14.1 Å². The molecule has 2 heterocycles. The molecule has 0 aromatic carbocycles. The van der Waals surface area contributed by atoms with Crippen LogP contribution < -0.4 is 10.6 Å². The molecule has 0 fully saturated rings. The monoisotopic (exact) mass is 330 g/mol. The zero-order valence-corrected chi connectivity index (χ0v) is 14.1. The summed E-state index contributed by atoms with van der Waals surface area (Å²) in [7, 11) is 0. The van der Waals surface area contributed by atoms with Gasteiger partial charge in [-0.15, -0.1) is 0 Å². The van der Waals surface area contributed by atoms with E-state index in [0.29, 0.717) is 18.7 Å². The molecule has 0 bridgehead atoms. The average molecular weight is 330 g/mol. The Kier molecular flexibility index (Phi) is 6.06. The molecular formula is C17H22N4O3. The topological polar surface area (TPSA) is 97.1 Å². The highest BCUT2D eigenvalue weighted by atomic mass is 16.5. The third-order valence-electron chi connectivity index (χ3n) is 3.75. The number of nitrogens with zero attached hydrogens (tertiary/aromatic N) is 2. The molecule has 0 aliphatic heterocycles. The van der Waals surface area contributed by atoms with Gasteiger partial charge >= 0.3 is 0 Å². The Morgan fingerprint density at radius 2 is 1.96 bits per heavy atom. The van der Waals surface area contributed by atoms with Gasteiger partial charge in [-0.25, -0.2) is 0 Å². The van der Waals surface area contributed by atoms with Gasteiger partial charge in [0, 0.05) is 42.5 Å². The van der Waals surface area contributed by atoms with Gasteiger partial charge in [-0.3, -0.25) is 14.6 Å². The van der Waals surface area contributed by atoms with Crippen molar-refractivity contribution in [3.8, 4) is 0 Å². The molecule has 24 heavy (non-hydrogen) atoms. The zero-order chi connectivity index (χ0) is 17.5. The summed E-state index contributed by atoms with van der Waals surface area (Å²) in [6, 6.07) is 3.42. The highest BCUT2D eigenvalue weighted by molar-refractivity contribution is 5.91. The predicted molar refractivity (Wildman–Crippen MR) is 89.3 cm³/mol. The third kappa shape index (κ3) is 4.91. The Hall–Kier alpha value is -2.70. The van der Waals surface area contributed by atoms with Crippen LogP contribution >= 0.6 is 0 Å². The summed E-state index contributed by atoms with van der Waals surface area (Å²) in [5.74, 6) is 0.278. The lowest BCUT2D eigenvalue weighted by atomic mass is 9.99. The SMILES string of the molecule is Cc1noc(C)c1C[C@H](C)C(=O)NCCC(=O)Nc1ccncc1. The van der Waals surface area contributed by atoms with E-state index in [9.17, 15) is 9.59 Å². The van der Waals surface area contributed by atoms with Crippen LogP contribution in [0.1, 0.15) is 30.4 Å². The second-order valence-electron chi connectivity index (χ2n) is 5.73. The number of amides is 2. The van der Waals surface area contributed by atoms with Gasteiger partial charge in [0.15, 0.2) is 0 Å². The van der Waals surface area contributed by atoms with Crippen molar-refractivity contribution in [2.24, 2.45) is 5.92 Å². The maximum absolute atomic E-state index is 12.1. The average Bonchev–Trinajstić information content (AvgIpc) is 2.87. The number of aryl methyl sites for hydroxylation is 2. The summed E-state index contributed by atoms with van der Waals surface area (Å²) in [6.45, 7) is 5.84. The van der Waals surface area contributed by atoms with E-state index in [2.05, 4.69) is 20.8 Å². The minimum atomic E-state index is -0.218. The molecule has 2 amide bonds. The Morgan fingerprint density at radius 1 is 1.25 bits per heavy atom.